The number of piperazine rings is 1. The molecule has 1 N–H and O–H groups in total. The van der Waals surface area contributed by atoms with Crippen molar-refractivity contribution in [1.29, 1.82) is 0 Å². The van der Waals surface area contributed by atoms with Gasteiger partial charge in [-0.25, -0.2) is 0 Å². The van der Waals surface area contributed by atoms with Crippen molar-refractivity contribution in [2.45, 2.75) is 19.1 Å². The fourth-order valence-electron chi connectivity index (χ4n) is 2.61. The molecule has 22 heavy (non-hydrogen) atoms. The third-order valence-electron chi connectivity index (χ3n) is 3.60. The van der Waals surface area contributed by atoms with E-state index in [1.54, 1.807) is 4.90 Å². The first kappa shape index (κ1) is 16.8. The van der Waals surface area contributed by atoms with Gasteiger partial charge in [-0.3, -0.25) is 9.69 Å². The average Bonchev–Trinajstić information content (AvgIpc) is 2.47. The molecular weight excluding hydrogens is 297 g/mol. The zero-order valence-corrected chi connectivity index (χ0v) is 12.3. The average molecular weight is 316 g/mol. The molecule has 1 saturated heterocycles. The number of nitrogens with zero attached hydrogens (tertiary/aromatic N) is 1. The number of hydrogen-bond acceptors (Lipinski definition) is 3. The molecular formula is C15H19F3N2O2. The fourth-order valence-corrected chi connectivity index (χ4v) is 2.61. The maximum atomic E-state index is 13.2. The van der Waals surface area contributed by atoms with E-state index in [-0.39, 0.29) is 5.56 Å². The van der Waals surface area contributed by atoms with E-state index in [0.29, 0.717) is 32.8 Å². The van der Waals surface area contributed by atoms with Crippen LogP contribution in [0.2, 0.25) is 0 Å². The maximum Gasteiger partial charge on any atom is 0.416 e. The lowest BCUT2D eigenvalue weighted by Gasteiger charge is -2.36. The number of rotatable bonds is 5. The van der Waals surface area contributed by atoms with Crippen LogP contribution in [0.4, 0.5) is 13.2 Å². The Kier molecular flexibility index (Phi) is 5.42. The largest absolute Gasteiger partial charge is 0.416 e. The highest BCUT2D eigenvalue weighted by molar-refractivity contribution is 5.84. The molecule has 0 aromatic heterocycles. The van der Waals surface area contributed by atoms with Crippen molar-refractivity contribution in [3.63, 3.8) is 0 Å². The van der Waals surface area contributed by atoms with Crippen molar-refractivity contribution in [3.8, 4) is 0 Å². The van der Waals surface area contributed by atoms with Gasteiger partial charge in [-0.1, -0.05) is 18.2 Å². The standard InChI is InChI=1S/C15H19F3N2O2/c1-2-22-10-9-20-8-7-19-14(21)13(20)11-5-3-4-6-12(11)15(16,17)18/h3-6,13H,2,7-10H2,1H3,(H,19,21)/t13-/m1/s1. The Bertz CT molecular complexity index is 520. The van der Waals surface area contributed by atoms with Crippen LogP contribution in [0.5, 0.6) is 0 Å². The number of amides is 1. The first-order chi connectivity index (χ1) is 10.4. The molecule has 4 nitrogen and oxygen atoms in total. The van der Waals surface area contributed by atoms with Gasteiger partial charge in [-0.2, -0.15) is 13.2 Å². The van der Waals surface area contributed by atoms with Gasteiger partial charge in [0, 0.05) is 26.2 Å². The molecule has 1 amide bonds. The van der Waals surface area contributed by atoms with Crippen LogP contribution in [-0.4, -0.2) is 43.7 Å². The molecule has 1 aromatic rings. The topological polar surface area (TPSA) is 41.6 Å². The third-order valence-corrected chi connectivity index (χ3v) is 3.60. The Balaban J connectivity index is 2.31. The smallest absolute Gasteiger partial charge is 0.380 e. The van der Waals surface area contributed by atoms with E-state index in [4.69, 9.17) is 4.74 Å². The lowest BCUT2D eigenvalue weighted by molar-refractivity contribution is -0.140. The third kappa shape index (κ3) is 3.78. The minimum Gasteiger partial charge on any atom is -0.380 e. The molecule has 2 rings (SSSR count). The van der Waals surface area contributed by atoms with E-state index in [0.717, 1.165) is 6.07 Å². The monoisotopic (exact) mass is 316 g/mol. The molecule has 0 unspecified atom stereocenters. The number of halogens is 3. The van der Waals surface area contributed by atoms with Crippen LogP contribution < -0.4 is 5.32 Å². The summed E-state index contributed by atoms with van der Waals surface area (Å²) in [6.45, 7) is 4.10. The molecule has 1 fully saturated rings. The summed E-state index contributed by atoms with van der Waals surface area (Å²) in [6.07, 6.45) is -4.49. The zero-order valence-electron chi connectivity index (χ0n) is 12.3. The second-order valence-electron chi connectivity index (χ2n) is 5.01. The summed E-state index contributed by atoms with van der Waals surface area (Å²) < 4.78 is 44.8. The highest BCUT2D eigenvalue weighted by Crippen LogP contribution is 2.36. The van der Waals surface area contributed by atoms with Crippen LogP contribution in [0.1, 0.15) is 24.1 Å². The van der Waals surface area contributed by atoms with Crippen LogP contribution in [0.15, 0.2) is 24.3 Å². The van der Waals surface area contributed by atoms with Crippen LogP contribution in [0.3, 0.4) is 0 Å². The highest BCUT2D eigenvalue weighted by Gasteiger charge is 2.39. The molecule has 1 aliphatic heterocycles. The van der Waals surface area contributed by atoms with Gasteiger partial charge < -0.3 is 10.1 Å². The Morgan fingerprint density at radius 1 is 1.36 bits per heavy atom. The summed E-state index contributed by atoms with van der Waals surface area (Å²) in [4.78, 5) is 13.9. The molecule has 1 atom stereocenters. The van der Waals surface area contributed by atoms with Gasteiger partial charge in [0.15, 0.2) is 0 Å². The molecule has 1 heterocycles. The van der Waals surface area contributed by atoms with E-state index in [9.17, 15) is 18.0 Å². The second kappa shape index (κ2) is 7.11. The molecule has 1 aliphatic rings. The second-order valence-corrected chi connectivity index (χ2v) is 5.01. The van der Waals surface area contributed by atoms with E-state index in [1.165, 1.54) is 18.2 Å². The van der Waals surface area contributed by atoms with Gasteiger partial charge >= 0.3 is 6.18 Å². The maximum absolute atomic E-state index is 13.2. The number of hydrogen-bond donors (Lipinski definition) is 1. The molecule has 122 valence electrons. The van der Waals surface area contributed by atoms with Crippen LogP contribution in [-0.2, 0) is 15.7 Å². The summed E-state index contributed by atoms with van der Waals surface area (Å²) in [7, 11) is 0. The van der Waals surface area contributed by atoms with Gasteiger partial charge in [0.2, 0.25) is 5.91 Å². The quantitative estimate of drug-likeness (QED) is 0.847. The SMILES string of the molecule is CCOCCN1CCNC(=O)[C@H]1c1ccccc1C(F)(F)F. The lowest BCUT2D eigenvalue weighted by atomic mass is 9.96. The Morgan fingerprint density at radius 3 is 2.77 bits per heavy atom. The van der Waals surface area contributed by atoms with E-state index in [1.807, 2.05) is 6.92 Å². The predicted octanol–water partition coefficient (Wildman–Crippen LogP) is 2.21. The first-order valence-electron chi connectivity index (χ1n) is 7.20. The van der Waals surface area contributed by atoms with Crippen LogP contribution >= 0.6 is 0 Å². The molecule has 0 bridgehead atoms. The molecule has 0 saturated carbocycles. The molecule has 0 aliphatic carbocycles. The van der Waals surface area contributed by atoms with Crippen LogP contribution in [0, 0.1) is 0 Å². The number of alkyl halides is 3. The van der Waals surface area contributed by atoms with Gasteiger partial charge in [0.1, 0.15) is 6.04 Å². The van der Waals surface area contributed by atoms with Crippen molar-refractivity contribution in [1.82, 2.24) is 10.2 Å². The van der Waals surface area contributed by atoms with E-state index >= 15 is 0 Å². The van der Waals surface area contributed by atoms with Crippen molar-refractivity contribution in [2.24, 2.45) is 0 Å². The van der Waals surface area contributed by atoms with Gasteiger partial charge in [-0.15, -0.1) is 0 Å². The van der Waals surface area contributed by atoms with Gasteiger partial charge in [0.25, 0.3) is 0 Å². The fraction of sp³-hybridized carbons (Fsp3) is 0.533. The minimum atomic E-state index is -4.49. The minimum absolute atomic E-state index is 0.0105. The predicted molar refractivity (Wildman–Crippen MR) is 75.3 cm³/mol. The number of nitrogens with one attached hydrogen (secondary N) is 1. The number of carbonyl (C=O) groups is 1. The first-order valence-corrected chi connectivity index (χ1v) is 7.20. The van der Waals surface area contributed by atoms with Crippen molar-refractivity contribution in [2.75, 3.05) is 32.8 Å². The molecule has 0 radical (unpaired) electrons. The van der Waals surface area contributed by atoms with Gasteiger partial charge in [0.05, 0.1) is 12.2 Å². The summed E-state index contributed by atoms with van der Waals surface area (Å²) >= 11 is 0. The van der Waals surface area contributed by atoms with Crippen molar-refractivity contribution < 1.29 is 22.7 Å². The highest BCUT2D eigenvalue weighted by atomic mass is 19.4. The van der Waals surface area contributed by atoms with Crippen molar-refractivity contribution in [3.05, 3.63) is 35.4 Å². The summed E-state index contributed by atoms with van der Waals surface area (Å²) in [6, 6.07) is 4.29. The Labute approximate surface area is 127 Å². The zero-order chi connectivity index (χ0) is 16.2. The van der Waals surface area contributed by atoms with E-state index in [2.05, 4.69) is 5.32 Å². The Morgan fingerprint density at radius 2 is 2.09 bits per heavy atom. The molecule has 0 spiro atoms. The van der Waals surface area contributed by atoms with Crippen LogP contribution in [0.25, 0.3) is 0 Å². The Hall–Kier alpha value is -1.60. The normalized spacial score (nSPS) is 20.0. The van der Waals surface area contributed by atoms with Crippen molar-refractivity contribution >= 4 is 5.91 Å². The van der Waals surface area contributed by atoms with E-state index < -0.39 is 23.7 Å². The summed E-state index contributed by atoms with van der Waals surface area (Å²) in [5, 5.41) is 2.64. The molecule has 1 aromatic carbocycles. The lowest BCUT2D eigenvalue weighted by Crippen LogP contribution is -2.51. The number of benzene rings is 1. The summed E-state index contributed by atoms with van der Waals surface area (Å²) in [5.41, 5.74) is -0.776. The van der Waals surface area contributed by atoms with Gasteiger partial charge in [-0.05, 0) is 18.6 Å². The number of carbonyl (C=O) groups excluding carboxylic acids is 1. The number of ether oxygens (including phenoxy) is 1. The summed E-state index contributed by atoms with van der Waals surface area (Å²) in [5.74, 6) is -0.403. The molecule has 7 heteroatoms.